The van der Waals surface area contributed by atoms with Crippen LogP contribution in [0.3, 0.4) is 0 Å². The van der Waals surface area contributed by atoms with Crippen molar-refractivity contribution in [2.24, 2.45) is 0 Å². The zero-order chi connectivity index (χ0) is 26.8. The third kappa shape index (κ3) is 4.17. The molecule has 0 unspecified atom stereocenters. The van der Waals surface area contributed by atoms with Crippen molar-refractivity contribution in [3.63, 3.8) is 0 Å². The summed E-state index contributed by atoms with van der Waals surface area (Å²) in [7, 11) is 0. The van der Waals surface area contributed by atoms with E-state index < -0.39 is 0 Å². The van der Waals surface area contributed by atoms with Gasteiger partial charge >= 0.3 is 0 Å². The van der Waals surface area contributed by atoms with Crippen LogP contribution in [0.25, 0.3) is 21.9 Å². The van der Waals surface area contributed by atoms with Crippen molar-refractivity contribution in [2.45, 2.75) is 50.4 Å². The average molecular weight is 637 g/mol. The summed E-state index contributed by atoms with van der Waals surface area (Å²) >= 11 is 7.22. The Labute approximate surface area is 248 Å². The van der Waals surface area contributed by atoms with Gasteiger partial charge in [-0.25, -0.2) is 0 Å². The van der Waals surface area contributed by atoms with Gasteiger partial charge in [0.15, 0.2) is 0 Å². The van der Waals surface area contributed by atoms with E-state index in [1.807, 2.05) is 0 Å². The van der Waals surface area contributed by atoms with Gasteiger partial charge in [-0.2, -0.15) is 0 Å². The molecule has 3 aliphatic carbocycles. The molecule has 1 nitrogen and oxygen atoms in total. The first-order chi connectivity index (χ1) is 18.8. The van der Waals surface area contributed by atoms with Gasteiger partial charge in [0, 0.05) is 25.7 Å². The number of hydrogen-bond donors (Lipinski definition) is 0. The Kier molecular flexibility index (Phi) is 6.02. The van der Waals surface area contributed by atoms with E-state index in [4.69, 9.17) is 0 Å². The van der Waals surface area contributed by atoms with Gasteiger partial charge in [-0.1, -0.05) is 94.2 Å². The fraction of sp³-hybridized carbons (Fsp3) is 0.222. The minimum atomic E-state index is 0.304. The molecule has 0 spiro atoms. The van der Waals surface area contributed by atoms with Gasteiger partial charge in [0.2, 0.25) is 0 Å². The number of anilines is 3. The lowest BCUT2D eigenvalue weighted by molar-refractivity contribution is 0.188. The summed E-state index contributed by atoms with van der Waals surface area (Å²) in [5.41, 5.74) is 9.88. The van der Waals surface area contributed by atoms with Crippen molar-refractivity contribution in [2.75, 3.05) is 4.90 Å². The number of halogens is 2. The van der Waals surface area contributed by atoms with Crippen LogP contribution < -0.4 is 4.90 Å². The molecule has 1 fully saturated rings. The minimum absolute atomic E-state index is 0.304. The molecular weight excluding hydrogens is 606 g/mol. The highest BCUT2D eigenvalue weighted by molar-refractivity contribution is 9.10. The van der Waals surface area contributed by atoms with E-state index in [1.165, 1.54) is 53.3 Å². The Balaban J connectivity index is 1.41. The Bertz CT molecular complexity index is 1650. The highest BCUT2D eigenvalue weighted by Gasteiger charge is 2.47. The van der Waals surface area contributed by atoms with Crippen LogP contribution in [0.15, 0.2) is 112 Å². The molecule has 0 amide bonds. The molecule has 0 saturated heterocycles. The van der Waals surface area contributed by atoms with Crippen molar-refractivity contribution >= 4 is 59.7 Å². The van der Waals surface area contributed by atoms with Gasteiger partial charge in [-0.15, -0.1) is 0 Å². The van der Waals surface area contributed by atoms with Crippen LogP contribution >= 0.6 is 31.9 Å². The predicted octanol–water partition coefficient (Wildman–Crippen LogP) is 11.6. The van der Waals surface area contributed by atoms with Crippen LogP contribution in [0.1, 0.15) is 50.7 Å². The molecular formula is C36H31Br2N. The summed E-state index contributed by atoms with van der Waals surface area (Å²) in [5, 5.41) is 2.53. The normalized spacial score (nSPS) is 21.6. The maximum absolute atomic E-state index is 3.61. The fourth-order valence-electron chi connectivity index (χ4n) is 6.97. The minimum Gasteiger partial charge on any atom is -0.310 e. The molecule has 0 heterocycles. The summed E-state index contributed by atoms with van der Waals surface area (Å²) in [5.74, 6) is 0. The van der Waals surface area contributed by atoms with Crippen molar-refractivity contribution in [1.29, 1.82) is 0 Å². The second kappa shape index (κ2) is 9.35. The zero-order valence-corrected chi connectivity index (χ0v) is 25.5. The Morgan fingerprint density at radius 1 is 0.564 bits per heavy atom. The first-order valence-corrected chi connectivity index (χ1v) is 15.4. The van der Waals surface area contributed by atoms with E-state index in [2.05, 4.69) is 154 Å². The van der Waals surface area contributed by atoms with Gasteiger partial charge in [-0.05, 0) is 119 Å². The Morgan fingerprint density at radius 2 is 1.10 bits per heavy atom. The number of nitrogens with zero attached hydrogens (tertiary/aromatic N) is 1. The molecule has 3 aliphatic rings. The van der Waals surface area contributed by atoms with Gasteiger partial charge in [0.05, 0.1) is 5.69 Å². The summed E-state index contributed by atoms with van der Waals surface area (Å²) in [6.07, 6.45) is 5.23. The van der Waals surface area contributed by atoms with Gasteiger partial charge in [0.1, 0.15) is 0 Å². The van der Waals surface area contributed by atoms with Crippen molar-refractivity contribution < 1.29 is 0 Å². The lowest BCUT2D eigenvalue weighted by atomic mass is 9.52. The molecule has 5 aromatic rings. The van der Waals surface area contributed by atoms with Crippen LogP contribution in [-0.4, -0.2) is 0 Å². The molecule has 0 radical (unpaired) electrons. The number of rotatable bonds is 4. The molecule has 3 heteroatoms. The standard InChI is InChI=1S/C36H31Br2N/c1-35-19-21-36(2,22-20-35)33-23-24(7-17-32(33)35)29-16-18-34(31-6-4-3-5-30(29)31)39(27-12-8-25(37)9-13-27)28-14-10-26(38)11-15-28/h3-18,23H,19-22H2,1-2H3. The molecule has 0 aliphatic heterocycles. The number of fused-ring (bicyclic) bond motifs is 3. The quantitative estimate of drug-likeness (QED) is 0.190. The summed E-state index contributed by atoms with van der Waals surface area (Å²) < 4.78 is 2.15. The van der Waals surface area contributed by atoms with Crippen LogP contribution in [0, 0.1) is 0 Å². The topological polar surface area (TPSA) is 3.24 Å². The van der Waals surface area contributed by atoms with E-state index in [0.717, 1.165) is 20.3 Å². The molecule has 5 aromatic carbocycles. The Hall–Kier alpha value is -2.88. The smallest absolute Gasteiger partial charge is 0.0540 e. The molecule has 0 atom stereocenters. The summed E-state index contributed by atoms with van der Waals surface area (Å²) in [4.78, 5) is 2.36. The second-order valence-electron chi connectivity index (χ2n) is 11.8. The van der Waals surface area contributed by atoms with Crippen molar-refractivity contribution in [3.8, 4) is 11.1 Å². The summed E-state index contributed by atoms with van der Waals surface area (Å²) in [6, 6.07) is 38.0. The lowest BCUT2D eigenvalue weighted by Gasteiger charge is -2.52. The second-order valence-corrected chi connectivity index (χ2v) is 13.7. The van der Waals surface area contributed by atoms with Crippen molar-refractivity contribution in [1.82, 2.24) is 0 Å². The molecule has 1 saturated carbocycles. The summed E-state index contributed by atoms with van der Waals surface area (Å²) in [6.45, 7) is 4.97. The third-order valence-corrected chi connectivity index (χ3v) is 10.5. The fourth-order valence-corrected chi connectivity index (χ4v) is 7.50. The van der Waals surface area contributed by atoms with E-state index in [0.29, 0.717) is 10.8 Å². The lowest BCUT2D eigenvalue weighted by Crippen LogP contribution is -2.44. The van der Waals surface area contributed by atoms with Gasteiger partial charge in [-0.3, -0.25) is 0 Å². The van der Waals surface area contributed by atoms with Gasteiger partial charge in [0.25, 0.3) is 0 Å². The molecule has 0 aromatic heterocycles. The zero-order valence-electron chi connectivity index (χ0n) is 22.3. The monoisotopic (exact) mass is 635 g/mol. The van der Waals surface area contributed by atoms with E-state index in [1.54, 1.807) is 11.1 Å². The van der Waals surface area contributed by atoms with Crippen LogP contribution in [-0.2, 0) is 10.8 Å². The first-order valence-electron chi connectivity index (χ1n) is 13.8. The Morgan fingerprint density at radius 3 is 1.69 bits per heavy atom. The number of benzene rings is 5. The third-order valence-electron chi connectivity index (χ3n) is 9.40. The first kappa shape index (κ1) is 25.1. The molecule has 8 rings (SSSR count). The highest BCUT2D eigenvalue weighted by atomic mass is 79.9. The van der Waals surface area contributed by atoms with Crippen molar-refractivity contribution in [3.05, 3.63) is 123 Å². The van der Waals surface area contributed by atoms with Crippen LogP contribution in [0.4, 0.5) is 17.1 Å². The van der Waals surface area contributed by atoms with Crippen LogP contribution in [0.5, 0.6) is 0 Å². The van der Waals surface area contributed by atoms with Crippen LogP contribution in [0.2, 0.25) is 0 Å². The molecule has 2 bridgehead atoms. The SMILES string of the molecule is CC12CCC(C)(CC1)c1cc(-c3ccc(N(c4ccc(Br)cc4)c4ccc(Br)cc4)c4ccccc34)ccc12. The van der Waals surface area contributed by atoms with E-state index in [9.17, 15) is 0 Å². The van der Waals surface area contributed by atoms with E-state index >= 15 is 0 Å². The number of hydrogen-bond acceptors (Lipinski definition) is 1. The maximum atomic E-state index is 3.61. The van der Waals surface area contributed by atoms with E-state index in [-0.39, 0.29) is 0 Å². The van der Waals surface area contributed by atoms with Gasteiger partial charge < -0.3 is 4.90 Å². The molecule has 194 valence electrons. The molecule has 0 N–H and O–H groups in total. The largest absolute Gasteiger partial charge is 0.310 e. The maximum Gasteiger partial charge on any atom is 0.0540 e. The predicted molar refractivity (Wildman–Crippen MR) is 173 cm³/mol. The highest BCUT2D eigenvalue weighted by Crippen LogP contribution is 2.57. The molecule has 39 heavy (non-hydrogen) atoms. The average Bonchev–Trinajstić information content (AvgIpc) is 2.96.